The van der Waals surface area contributed by atoms with Crippen molar-refractivity contribution in [2.45, 2.75) is 39.0 Å². The normalized spacial score (nSPS) is 18.3. The lowest BCUT2D eigenvalue weighted by Crippen LogP contribution is -2.33. The van der Waals surface area contributed by atoms with Gasteiger partial charge in [-0.15, -0.1) is 0 Å². The van der Waals surface area contributed by atoms with Crippen LogP contribution in [-0.4, -0.2) is 36.6 Å². The second kappa shape index (κ2) is 8.08. The van der Waals surface area contributed by atoms with Gasteiger partial charge in [-0.05, 0) is 44.2 Å². The molecule has 0 aromatic rings. The Balaban J connectivity index is 2.10. The summed E-state index contributed by atoms with van der Waals surface area (Å²) in [6, 6.07) is 0. The van der Waals surface area contributed by atoms with Crippen molar-refractivity contribution in [3.63, 3.8) is 0 Å². The summed E-state index contributed by atoms with van der Waals surface area (Å²) < 4.78 is 0. The van der Waals surface area contributed by atoms with Crippen LogP contribution in [0.3, 0.4) is 0 Å². The molecule has 0 radical (unpaired) electrons. The molecule has 18 heavy (non-hydrogen) atoms. The number of carboxylic acid groups (broad SMARTS) is 1. The molecule has 1 aliphatic rings. The predicted molar refractivity (Wildman–Crippen MR) is 69.3 cm³/mol. The second-order valence-corrected chi connectivity index (χ2v) is 5.24. The minimum Gasteiger partial charge on any atom is -0.481 e. The van der Waals surface area contributed by atoms with Gasteiger partial charge in [0, 0.05) is 19.4 Å². The van der Waals surface area contributed by atoms with Gasteiger partial charge >= 0.3 is 5.97 Å². The fraction of sp³-hybridized carbons (Fsp3) is 0.846. The Labute approximate surface area is 108 Å². The van der Waals surface area contributed by atoms with Gasteiger partial charge in [0.25, 0.3) is 0 Å². The maximum absolute atomic E-state index is 11.7. The minimum absolute atomic E-state index is 0.101. The SMILES string of the molecule is CC(CCC(=O)O)CNC(=O)CC1CCNCC1. The minimum atomic E-state index is -0.775. The van der Waals surface area contributed by atoms with Gasteiger partial charge in [-0.2, -0.15) is 0 Å². The van der Waals surface area contributed by atoms with Crippen LogP contribution >= 0.6 is 0 Å². The van der Waals surface area contributed by atoms with Crippen molar-refractivity contribution in [1.29, 1.82) is 0 Å². The van der Waals surface area contributed by atoms with Gasteiger partial charge in [0.05, 0.1) is 0 Å². The summed E-state index contributed by atoms with van der Waals surface area (Å²) in [7, 11) is 0. The monoisotopic (exact) mass is 256 g/mol. The van der Waals surface area contributed by atoms with Gasteiger partial charge in [0.2, 0.25) is 5.91 Å². The van der Waals surface area contributed by atoms with E-state index in [2.05, 4.69) is 10.6 Å². The zero-order valence-electron chi connectivity index (χ0n) is 11.1. The fourth-order valence-corrected chi connectivity index (χ4v) is 2.18. The average molecular weight is 256 g/mol. The molecule has 5 heteroatoms. The summed E-state index contributed by atoms with van der Waals surface area (Å²) in [6.45, 7) is 4.56. The van der Waals surface area contributed by atoms with Gasteiger partial charge in [0.1, 0.15) is 0 Å². The quantitative estimate of drug-likeness (QED) is 0.635. The third-order valence-corrected chi connectivity index (χ3v) is 3.43. The van der Waals surface area contributed by atoms with E-state index in [9.17, 15) is 9.59 Å². The molecule has 0 bridgehead atoms. The summed E-state index contributed by atoms with van der Waals surface area (Å²) in [6.07, 6.45) is 3.53. The molecule has 1 fully saturated rings. The van der Waals surface area contributed by atoms with E-state index >= 15 is 0 Å². The standard InChI is InChI=1S/C13H24N2O3/c1-10(2-3-13(17)18)9-15-12(16)8-11-4-6-14-7-5-11/h10-11,14H,2-9H2,1H3,(H,15,16)(H,17,18). The van der Waals surface area contributed by atoms with Crippen molar-refractivity contribution in [3.05, 3.63) is 0 Å². The molecule has 1 saturated heterocycles. The first-order chi connectivity index (χ1) is 8.58. The zero-order chi connectivity index (χ0) is 13.4. The van der Waals surface area contributed by atoms with Crippen molar-refractivity contribution in [2.75, 3.05) is 19.6 Å². The molecule has 1 amide bonds. The Morgan fingerprint density at radius 3 is 2.67 bits per heavy atom. The summed E-state index contributed by atoms with van der Waals surface area (Å²) in [5.41, 5.74) is 0. The molecule has 0 spiro atoms. The van der Waals surface area contributed by atoms with E-state index in [1.807, 2.05) is 6.92 Å². The van der Waals surface area contributed by atoms with E-state index in [0.717, 1.165) is 25.9 Å². The van der Waals surface area contributed by atoms with E-state index in [0.29, 0.717) is 25.3 Å². The number of rotatable bonds is 7. The first-order valence-corrected chi connectivity index (χ1v) is 6.77. The Bertz CT molecular complexity index is 275. The number of carbonyl (C=O) groups is 2. The van der Waals surface area contributed by atoms with Crippen molar-refractivity contribution in [1.82, 2.24) is 10.6 Å². The smallest absolute Gasteiger partial charge is 0.303 e. The molecule has 1 atom stereocenters. The summed E-state index contributed by atoms with van der Waals surface area (Å²) >= 11 is 0. The van der Waals surface area contributed by atoms with Gasteiger partial charge in [0.15, 0.2) is 0 Å². The number of carboxylic acids is 1. The topological polar surface area (TPSA) is 78.4 Å². The molecule has 1 heterocycles. The summed E-state index contributed by atoms with van der Waals surface area (Å²) in [4.78, 5) is 22.1. The molecule has 0 aliphatic carbocycles. The number of nitrogens with one attached hydrogen (secondary N) is 2. The van der Waals surface area contributed by atoms with E-state index in [-0.39, 0.29) is 18.2 Å². The maximum atomic E-state index is 11.7. The van der Waals surface area contributed by atoms with Crippen LogP contribution < -0.4 is 10.6 Å². The number of hydrogen-bond donors (Lipinski definition) is 3. The van der Waals surface area contributed by atoms with E-state index in [1.54, 1.807) is 0 Å². The van der Waals surface area contributed by atoms with E-state index < -0.39 is 5.97 Å². The number of carbonyl (C=O) groups excluding carboxylic acids is 1. The number of hydrogen-bond acceptors (Lipinski definition) is 3. The molecule has 0 aromatic carbocycles. The first-order valence-electron chi connectivity index (χ1n) is 6.77. The highest BCUT2D eigenvalue weighted by atomic mass is 16.4. The Morgan fingerprint density at radius 1 is 1.39 bits per heavy atom. The van der Waals surface area contributed by atoms with Crippen molar-refractivity contribution < 1.29 is 14.7 Å². The lowest BCUT2D eigenvalue weighted by Gasteiger charge is -2.22. The molecule has 104 valence electrons. The zero-order valence-corrected chi connectivity index (χ0v) is 11.1. The summed E-state index contributed by atoms with van der Waals surface area (Å²) in [5, 5.41) is 14.7. The van der Waals surface area contributed by atoms with Gasteiger partial charge < -0.3 is 15.7 Å². The first kappa shape index (κ1) is 15.0. The van der Waals surface area contributed by atoms with Crippen molar-refractivity contribution in [2.24, 2.45) is 11.8 Å². The van der Waals surface area contributed by atoms with Crippen LogP contribution in [0.2, 0.25) is 0 Å². The van der Waals surface area contributed by atoms with Crippen LogP contribution in [0.25, 0.3) is 0 Å². The van der Waals surface area contributed by atoms with Crippen LogP contribution in [0.1, 0.15) is 39.0 Å². The Kier molecular flexibility index (Phi) is 6.72. The Hall–Kier alpha value is -1.10. The molecule has 0 saturated carbocycles. The van der Waals surface area contributed by atoms with Crippen molar-refractivity contribution in [3.8, 4) is 0 Å². The average Bonchev–Trinajstić information content (AvgIpc) is 2.35. The fourth-order valence-electron chi connectivity index (χ4n) is 2.18. The third kappa shape index (κ3) is 6.59. The van der Waals surface area contributed by atoms with Crippen LogP contribution in [0.5, 0.6) is 0 Å². The number of amides is 1. The molecule has 3 N–H and O–H groups in total. The molecule has 0 aromatic heterocycles. The Morgan fingerprint density at radius 2 is 2.06 bits per heavy atom. The predicted octanol–water partition coefficient (Wildman–Crippen LogP) is 0.993. The molecule has 1 unspecified atom stereocenters. The number of piperidine rings is 1. The van der Waals surface area contributed by atoms with Crippen LogP contribution in [0.4, 0.5) is 0 Å². The van der Waals surface area contributed by atoms with Gasteiger partial charge in [-0.3, -0.25) is 9.59 Å². The summed E-state index contributed by atoms with van der Waals surface area (Å²) in [5.74, 6) is 0.0469. The molecular formula is C13H24N2O3. The third-order valence-electron chi connectivity index (χ3n) is 3.43. The lowest BCUT2D eigenvalue weighted by atomic mass is 9.94. The molecule has 5 nitrogen and oxygen atoms in total. The maximum Gasteiger partial charge on any atom is 0.303 e. The number of aliphatic carboxylic acids is 1. The largest absolute Gasteiger partial charge is 0.481 e. The van der Waals surface area contributed by atoms with Crippen molar-refractivity contribution >= 4 is 11.9 Å². The van der Waals surface area contributed by atoms with Gasteiger partial charge in [-0.25, -0.2) is 0 Å². The molecule has 1 rings (SSSR count). The van der Waals surface area contributed by atoms with Crippen LogP contribution in [0.15, 0.2) is 0 Å². The highest BCUT2D eigenvalue weighted by Crippen LogP contribution is 2.15. The van der Waals surface area contributed by atoms with Crippen LogP contribution in [-0.2, 0) is 9.59 Å². The van der Waals surface area contributed by atoms with Gasteiger partial charge in [-0.1, -0.05) is 6.92 Å². The van der Waals surface area contributed by atoms with E-state index in [4.69, 9.17) is 5.11 Å². The highest BCUT2D eigenvalue weighted by Gasteiger charge is 2.17. The molecular weight excluding hydrogens is 232 g/mol. The highest BCUT2D eigenvalue weighted by molar-refractivity contribution is 5.76. The lowest BCUT2D eigenvalue weighted by molar-refractivity contribution is -0.137. The van der Waals surface area contributed by atoms with E-state index in [1.165, 1.54) is 0 Å². The van der Waals surface area contributed by atoms with Crippen LogP contribution in [0, 0.1) is 11.8 Å². The molecule has 1 aliphatic heterocycles. The second-order valence-electron chi connectivity index (χ2n) is 5.24.